The van der Waals surface area contributed by atoms with E-state index in [1.165, 1.54) is 12.1 Å². The molecule has 0 saturated carbocycles. The Morgan fingerprint density at radius 2 is 2.00 bits per heavy atom. The van der Waals surface area contributed by atoms with E-state index in [1.54, 1.807) is 18.2 Å². The van der Waals surface area contributed by atoms with Crippen molar-refractivity contribution in [2.75, 3.05) is 11.9 Å². The molecule has 110 valence electrons. The number of hydrogen-bond acceptors (Lipinski definition) is 2. The molecule has 2 aromatic rings. The Labute approximate surface area is 131 Å². The SMILES string of the molecule is Cc1cc(Cl)ccc1NC(=O)COc1ccc(F)cc1Cl. The number of benzene rings is 2. The molecule has 0 aromatic heterocycles. The smallest absolute Gasteiger partial charge is 0.262 e. The quantitative estimate of drug-likeness (QED) is 0.900. The summed E-state index contributed by atoms with van der Waals surface area (Å²) < 4.78 is 18.1. The monoisotopic (exact) mass is 327 g/mol. The van der Waals surface area contributed by atoms with Crippen LogP contribution in [0.3, 0.4) is 0 Å². The van der Waals surface area contributed by atoms with Gasteiger partial charge in [0.05, 0.1) is 5.02 Å². The van der Waals surface area contributed by atoms with Crippen LogP contribution in [0.4, 0.5) is 10.1 Å². The van der Waals surface area contributed by atoms with Crippen molar-refractivity contribution in [1.29, 1.82) is 0 Å². The van der Waals surface area contributed by atoms with Crippen LogP contribution in [-0.2, 0) is 4.79 Å². The van der Waals surface area contributed by atoms with Crippen LogP contribution in [-0.4, -0.2) is 12.5 Å². The lowest BCUT2D eigenvalue weighted by Crippen LogP contribution is -2.20. The first-order chi connectivity index (χ1) is 9.95. The molecule has 0 heterocycles. The molecule has 6 heteroatoms. The Hall–Kier alpha value is -1.78. The van der Waals surface area contributed by atoms with Gasteiger partial charge in [0.2, 0.25) is 0 Å². The molecule has 0 aliphatic rings. The molecule has 2 rings (SSSR count). The van der Waals surface area contributed by atoms with Gasteiger partial charge in [0.25, 0.3) is 5.91 Å². The van der Waals surface area contributed by atoms with Gasteiger partial charge in [0.1, 0.15) is 11.6 Å². The number of halogens is 3. The zero-order chi connectivity index (χ0) is 15.4. The molecule has 0 aliphatic heterocycles. The summed E-state index contributed by atoms with van der Waals surface area (Å²) in [6, 6.07) is 8.84. The van der Waals surface area contributed by atoms with Gasteiger partial charge < -0.3 is 10.1 Å². The van der Waals surface area contributed by atoms with Crippen molar-refractivity contribution in [2.24, 2.45) is 0 Å². The first-order valence-corrected chi connectivity index (χ1v) is 6.85. The van der Waals surface area contributed by atoms with Gasteiger partial charge in [0, 0.05) is 10.7 Å². The van der Waals surface area contributed by atoms with Crippen LogP contribution in [0.5, 0.6) is 5.75 Å². The van der Waals surface area contributed by atoms with Crippen LogP contribution in [0.15, 0.2) is 36.4 Å². The minimum atomic E-state index is -0.464. The highest BCUT2D eigenvalue weighted by Gasteiger charge is 2.08. The highest BCUT2D eigenvalue weighted by Crippen LogP contribution is 2.25. The Kier molecular flexibility index (Phi) is 5.04. The summed E-state index contributed by atoms with van der Waals surface area (Å²) in [5.74, 6) is -0.560. The lowest BCUT2D eigenvalue weighted by atomic mass is 10.2. The molecular weight excluding hydrogens is 316 g/mol. The molecule has 0 spiro atoms. The Morgan fingerprint density at radius 1 is 1.24 bits per heavy atom. The fraction of sp³-hybridized carbons (Fsp3) is 0.133. The maximum Gasteiger partial charge on any atom is 0.262 e. The van der Waals surface area contributed by atoms with Gasteiger partial charge in [0.15, 0.2) is 6.61 Å². The van der Waals surface area contributed by atoms with Gasteiger partial charge >= 0.3 is 0 Å². The Morgan fingerprint density at radius 3 is 2.67 bits per heavy atom. The second kappa shape index (κ2) is 6.78. The van der Waals surface area contributed by atoms with Gasteiger partial charge in [-0.1, -0.05) is 23.2 Å². The van der Waals surface area contributed by atoms with Gasteiger partial charge in [-0.3, -0.25) is 4.79 Å². The average molecular weight is 328 g/mol. The van der Waals surface area contributed by atoms with Crippen molar-refractivity contribution in [3.8, 4) is 5.75 Å². The van der Waals surface area contributed by atoms with Crippen molar-refractivity contribution in [3.05, 3.63) is 57.8 Å². The number of rotatable bonds is 4. The van der Waals surface area contributed by atoms with Gasteiger partial charge in [-0.2, -0.15) is 0 Å². The third-order valence-corrected chi connectivity index (χ3v) is 3.25. The average Bonchev–Trinajstić information content (AvgIpc) is 2.41. The van der Waals surface area contributed by atoms with Gasteiger partial charge in [-0.15, -0.1) is 0 Å². The van der Waals surface area contributed by atoms with Crippen molar-refractivity contribution >= 4 is 34.8 Å². The second-order valence-electron chi connectivity index (χ2n) is 4.37. The zero-order valence-electron chi connectivity index (χ0n) is 11.1. The summed E-state index contributed by atoms with van der Waals surface area (Å²) in [7, 11) is 0. The van der Waals surface area contributed by atoms with Crippen LogP contribution < -0.4 is 10.1 Å². The fourth-order valence-electron chi connectivity index (χ4n) is 1.69. The van der Waals surface area contributed by atoms with E-state index in [1.807, 2.05) is 6.92 Å². The van der Waals surface area contributed by atoms with E-state index < -0.39 is 5.82 Å². The molecule has 0 saturated heterocycles. The molecule has 0 aliphatic carbocycles. The predicted octanol–water partition coefficient (Wildman–Crippen LogP) is 4.46. The predicted molar refractivity (Wildman–Crippen MR) is 81.7 cm³/mol. The standard InChI is InChI=1S/C15H12Cl2FNO2/c1-9-6-10(16)2-4-13(9)19-15(20)8-21-14-5-3-11(18)7-12(14)17/h2-7H,8H2,1H3,(H,19,20). The number of ether oxygens (including phenoxy) is 1. The molecule has 1 amide bonds. The van der Waals surface area contributed by atoms with Gasteiger partial charge in [-0.05, 0) is 48.9 Å². The molecular formula is C15H12Cl2FNO2. The van der Waals surface area contributed by atoms with Crippen molar-refractivity contribution in [3.63, 3.8) is 0 Å². The number of anilines is 1. The van der Waals surface area contributed by atoms with Crippen LogP contribution >= 0.6 is 23.2 Å². The van der Waals surface area contributed by atoms with E-state index >= 15 is 0 Å². The first-order valence-electron chi connectivity index (χ1n) is 6.09. The van der Waals surface area contributed by atoms with E-state index in [-0.39, 0.29) is 23.3 Å². The molecule has 2 aromatic carbocycles. The van der Waals surface area contributed by atoms with Crippen LogP contribution in [0, 0.1) is 12.7 Å². The first kappa shape index (κ1) is 15.6. The topological polar surface area (TPSA) is 38.3 Å². The summed E-state index contributed by atoms with van der Waals surface area (Å²) in [5, 5.41) is 3.41. The minimum absolute atomic E-state index is 0.116. The number of hydrogen-bond donors (Lipinski definition) is 1. The molecule has 0 unspecified atom stereocenters. The molecule has 21 heavy (non-hydrogen) atoms. The largest absolute Gasteiger partial charge is 0.482 e. The molecule has 3 nitrogen and oxygen atoms in total. The highest BCUT2D eigenvalue weighted by atomic mass is 35.5. The van der Waals surface area contributed by atoms with Crippen LogP contribution in [0.25, 0.3) is 0 Å². The number of aryl methyl sites for hydroxylation is 1. The summed E-state index contributed by atoms with van der Waals surface area (Å²) in [5.41, 5.74) is 1.49. The third-order valence-electron chi connectivity index (χ3n) is 2.72. The van der Waals surface area contributed by atoms with E-state index in [9.17, 15) is 9.18 Å². The van der Waals surface area contributed by atoms with Crippen molar-refractivity contribution in [2.45, 2.75) is 6.92 Å². The van der Waals surface area contributed by atoms with E-state index in [2.05, 4.69) is 5.32 Å². The number of amides is 1. The zero-order valence-corrected chi connectivity index (χ0v) is 12.6. The normalized spacial score (nSPS) is 10.3. The van der Waals surface area contributed by atoms with Gasteiger partial charge in [-0.25, -0.2) is 4.39 Å². The maximum atomic E-state index is 12.9. The lowest BCUT2D eigenvalue weighted by Gasteiger charge is -2.10. The summed E-state index contributed by atoms with van der Waals surface area (Å²) in [6.07, 6.45) is 0. The molecule has 0 atom stereocenters. The molecule has 0 radical (unpaired) electrons. The highest BCUT2D eigenvalue weighted by molar-refractivity contribution is 6.32. The van der Waals surface area contributed by atoms with E-state index in [0.717, 1.165) is 11.6 Å². The molecule has 0 bridgehead atoms. The van der Waals surface area contributed by atoms with Crippen molar-refractivity contribution < 1.29 is 13.9 Å². The van der Waals surface area contributed by atoms with E-state index in [4.69, 9.17) is 27.9 Å². The third kappa shape index (κ3) is 4.34. The summed E-state index contributed by atoms with van der Waals surface area (Å²) in [4.78, 5) is 11.8. The Bertz CT molecular complexity index is 677. The van der Waals surface area contributed by atoms with Crippen molar-refractivity contribution in [1.82, 2.24) is 0 Å². The minimum Gasteiger partial charge on any atom is -0.482 e. The van der Waals surface area contributed by atoms with Crippen LogP contribution in [0.2, 0.25) is 10.0 Å². The van der Waals surface area contributed by atoms with E-state index in [0.29, 0.717) is 10.7 Å². The maximum absolute atomic E-state index is 12.9. The molecule has 0 fully saturated rings. The second-order valence-corrected chi connectivity index (χ2v) is 5.21. The van der Waals surface area contributed by atoms with Crippen LogP contribution in [0.1, 0.15) is 5.56 Å². The fourth-order valence-corrected chi connectivity index (χ4v) is 2.14. The Balaban J connectivity index is 1.96. The summed E-state index contributed by atoms with van der Waals surface area (Å²) in [6.45, 7) is 1.60. The number of nitrogens with one attached hydrogen (secondary N) is 1. The summed E-state index contributed by atoms with van der Waals surface area (Å²) >= 11 is 11.6. The number of carbonyl (C=O) groups is 1. The lowest BCUT2D eigenvalue weighted by molar-refractivity contribution is -0.118. The number of carbonyl (C=O) groups excluding carboxylic acids is 1. The molecule has 1 N–H and O–H groups in total.